The van der Waals surface area contributed by atoms with Gasteiger partial charge in [0.15, 0.2) is 0 Å². The van der Waals surface area contributed by atoms with E-state index in [4.69, 9.17) is 29.1 Å². The summed E-state index contributed by atoms with van der Waals surface area (Å²) in [5, 5.41) is 7.93. The van der Waals surface area contributed by atoms with Gasteiger partial charge >= 0.3 is 5.97 Å². The summed E-state index contributed by atoms with van der Waals surface area (Å²) in [6, 6.07) is 13.8. The SMILES string of the molecule is C=CC(=O)OCCCCCCOc1ccc(OC(=C2CCC2)C2CCC(COc3ccc(OCC4CCC(C=O)CC4)c(C=N)c3)CC2)cc1. The predicted octanol–water partition coefficient (Wildman–Crippen LogP) is 9.44. The van der Waals surface area contributed by atoms with Crippen LogP contribution in [0.5, 0.6) is 23.0 Å². The third kappa shape index (κ3) is 11.5. The van der Waals surface area contributed by atoms with Crippen molar-refractivity contribution in [1.82, 2.24) is 0 Å². The molecule has 0 amide bonds. The topological polar surface area (TPSA) is 104 Å². The average Bonchev–Trinajstić information content (AvgIpc) is 3.14. The maximum atomic E-state index is 11.1. The second kappa shape index (κ2) is 19.9. The third-order valence-electron chi connectivity index (χ3n) is 10.5. The largest absolute Gasteiger partial charge is 0.494 e. The Morgan fingerprint density at radius 1 is 0.760 bits per heavy atom. The van der Waals surface area contributed by atoms with Gasteiger partial charge in [-0.3, -0.25) is 0 Å². The number of carbonyl (C=O) groups excluding carboxylic acids is 2. The average molecular weight is 686 g/mol. The highest BCUT2D eigenvalue weighted by Crippen LogP contribution is 2.41. The molecule has 3 fully saturated rings. The molecule has 0 bridgehead atoms. The highest BCUT2D eigenvalue weighted by molar-refractivity contribution is 5.82. The van der Waals surface area contributed by atoms with Crippen molar-refractivity contribution in [2.45, 2.75) is 96.3 Å². The van der Waals surface area contributed by atoms with Crippen molar-refractivity contribution < 1.29 is 33.3 Å². The molecule has 0 saturated heterocycles. The first kappa shape index (κ1) is 37.2. The lowest BCUT2D eigenvalue weighted by atomic mass is 9.78. The number of benzene rings is 2. The van der Waals surface area contributed by atoms with E-state index in [2.05, 4.69) is 6.58 Å². The molecule has 8 nitrogen and oxygen atoms in total. The van der Waals surface area contributed by atoms with Crippen LogP contribution in [-0.2, 0) is 14.3 Å². The minimum atomic E-state index is -0.364. The number of hydrogen-bond donors (Lipinski definition) is 1. The molecule has 0 atom stereocenters. The van der Waals surface area contributed by atoms with Gasteiger partial charge in [-0.2, -0.15) is 0 Å². The van der Waals surface area contributed by atoms with E-state index in [9.17, 15) is 9.59 Å². The van der Waals surface area contributed by atoms with Crippen LogP contribution in [0.25, 0.3) is 0 Å². The molecule has 0 radical (unpaired) electrons. The first-order chi connectivity index (χ1) is 24.5. The lowest BCUT2D eigenvalue weighted by molar-refractivity contribution is -0.137. The van der Waals surface area contributed by atoms with Crippen molar-refractivity contribution in [2.24, 2.45) is 23.7 Å². The van der Waals surface area contributed by atoms with Gasteiger partial charge in [0.2, 0.25) is 0 Å². The Balaban J connectivity index is 1.01. The molecule has 2 aromatic carbocycles. The van der Waals surface area contributed by atoms with Crippen molar-refractivity contribution in [3.05, 3.63) is 72.0 Å². The van der Waals surface area contributed by atoms with Crippen LogP contribution >= 0.6 is 0 Å². The monoisotopic (exact) mass is 685 g/mol. The molecule has 1 N–H and O–H groups in total. The Kier molecular flexibility index (Phi) is 14.8. The summed E-state index contributed by atoms with van der Waals surface area (Å²) in [6.45, 7) is 5.79. The van der Waals surface area contributed by atoms with Crippen molar-refractivity contribution in [1.29, 1.82) is 5.41 Å². The summed E-state index contributed by atoms with van der Waals surface area (Å²) in [5.74, 6) is 5.63. The van der Waals surface area contributed by atoms with E-state index in [1.807, 2.05) is 42.5 Å². The zero-order valence-electron chi connectivity index (χ0n) is 29.6. The molecule has 0 spiro atoms. The minimum Gasteiger partial charge on any atom is -0.494 e. The van der Waals surface area contributed by atoms with Gasteiger partial charge in [-0.15, -0.1) is 0 Å². The van der Waals surface area contributed by atoms with Crippen LogP contribution < -0.4 is 18.9 Å². The van der Waals surface area contributed by atoms with Gasteiger partial charge in [0, 0.05) is 29.7 Å². The summed E-state index contributed by atoms with van der Waals surface area (Å²) >= 11 is 0. The number of hydrogen-bond acceptors (Lipinski definition) is 8. The van der Waals surface area contributed by atoms with E-state index in [1.54, 1.807) is 0 Å². The van der Waals surface area contributed by atoms with Gasteiger partial charge in [-0.25, -0.2) is 4.79 Å². The molecule has 3 aliphatic rings. The Bertz CT molecular complexity index is 1410. The number of rotatable bonds is 20. The molecular weight excluding hydrogens is 630 g/mol. The molecule has 0 heterocycles. The lowest BCUT2D eigenvalue weighted by Crippen LogP contribution is -2.24. The quantitative estimate of drug-likeness (QED) is 0.0370. The van der Waals surface area contributed by atoms with Crippen LogP contribution in [0.1, 0.15) is 102 Å². The summed E-state index contributed by atoms with van der Waals surface area (Å²) in [5.41, 5.74) is 2.21. The van der Waals surface area contributed by atoms with E-state index < -0.39 is 0 Å². The van der Waals surface area contributed by atoms with Crippen LogP contribution in [0.2, 0.25) is 0 Å². The lowest BCUT2D eigenvalue weighted by Gasteiger charge is -2.33. The van der Waals surface area contributed by atoms with E-state index in [1.165, 1.54) is 30.0 Å². The van der Waals surface area contributed by atoms with Gasteiger partial charge in [0.1, 0.15) is 35.0 Å². The maximum Gasteiger partial charge on any atom is 0.330 e. The van der Waals surface area contributed by atoms with Crippen LogP contribution in [0.4, 0.5) is 0 Å². The molecule has 2 aromatic rings. The van der Waals surface area contributed by atoms with Gasteiger partial charge in [-0.05, 0) is 156 Å². The number of ether oxygens (including phenoxy) is 5. The van der Waals surface area contributed by atoms with Crippen molar-refractivity contribution in [3.63, 3.8) is 0 Å². The summed E-state index contributed by atoms with van der Waals surface area (Å²) < 4.78 is 29.9. The molecule has 270 valence electrons. The van der Waals surface area contributed by atoms with Crippen molar-refractivity contribution >= 4 is 18.5 Å². The van der Waals surface area contributed by atoms with E-state index in [-0.39, 0.29) is 11.9 Å². The fourth-order valence-electron chi connectivity index (χ4n) is 7.12. The number of carbonyl (C=O) groups is 2. The first-order valence-corrected chi connectivity index (χ1v) is 18.8. The second-order valence-electron chi connectivity index (χ2n) is 14.1. The van der Waals surface area contributed by atoms with Crippen LogP contribution in [0, 0.1) is 29.1 Å². The molecule has 0 unspecified atom stereocenters. The van der Waals surface area contributed by atoms with E-state index >= 15 is 0 Å². The van der Waals surface area contributed by atoms with E-state index in [0.29, 0.717) is 44.2 Å². The number of allylic oxidation sites excluding steroid dienone is 2. The predicted molar refractivity (Wildman–Crippen MR) is 195 cm³/mol. The maximum absolute atomic E-state index is 11.1. The molecule has 0 aromatic heterocycles. The smallest absolute Gasteiger partial charge is 0.330 e. The molecule has 50 heavy (non-hydrogen) atoms. The number of nitrogens with one attached hydrogen (secondary N) is 1. The number of aldehydes is 1. The summed E-state index contributed by atoms with van der Waals surface area (Å²) in [6.07, 6.45) is 19.3. The Hall–Kier alpha value is -4.07. The molecule has 3 saturated carbocycles. The third-order valence-corrected chi connectivity index (χ3v) is 10.5. The number of esters is 1. The minimum absolute atomic E-state index is 0.206. The normalized spacial score (nSPS) is 21.6. The van der Waals surface area contributed by atoms with Crippen molar-refractivity contribution in [3.8, 4) is 23.0 Å². The van der Waals surface area contributed by atoms with E-state index in [0.717, 1.165) is 125 Å². The molecule has 0 aliphatic heterocycles. The molecular formula is C42H55NO7. The Morgan fingerprint density at radius 3 is 2.04 bits per heavy atom. The molecule has 5 rings (SSSR count). The Labute approximate surface area is 298 Å². The Morgan fingerprint density at radius 2 is 1.40 bits per heavy atom. The van der Waals surface area contributed by atoms with Crippen LogP contribution in [-0.4, -0.2) is 44.9 Å². The highest BCUT2D eigenvalue weighted by atomic mass is 16.5. The fourth-order valence-corrected chi connectivity index (χ4v) is 7.12. The standard InChI is InChI=1S/C42H55NO7/c1-2-41(45)47-25-6-4-3-5-24-46-37-18-20-38(21-19-37)50-42(34-8-7-9-34)35-16-14-33(15-17-35)29-48-39-22-23-40(36(26-39)27-43)49-30-32-12-10-31(28-44)11-13-32/h2,18-23,26-28,31-33,35,43H,1,3-17,24-25,29-30H2. The van der Waals surface area contributed by atoms with Crippen LogP contribution in [0.15, 0.2) is 66.5 Å². The van der Waals surface area contributed by atoms with Crippen molar-refractivity contribution in [2.75, 3.05) is 26.4 Å². The second-order valence-corrected chi connectivity index (χ2v) is 14.1. The summed E-state index contributed by atoms with van der Waals surface area (Å²) in [7, 11) is 0. The summed E-state index contributed by atoms with van der Waals surface area (Å²) in [4.78, 5) is 22.1. The fraction of sp³-hybridized carbons (Fsp3) is 0.548. The number of unbranched alkanes of at least 4 members (excludes halogenated alkanes) is 3. The zero-order valence-corrected chi connectivity index (χ0v) is 29.6. The highest BCUT2D eigenvalue weighted by Gasteiger charge is 2.29. The molecule has 8 heteroatoms. The van der Waals surface area contributed by atoms with Gasteiger partial charge in [0.05, 0.1) is 26.4 Å². The van der Waals surface area contributed by atoms with Gasteiger partial charge < -0.3 is 33.9 Å². The van der Waals surface area contributed by atoms with Crippen LogP contribution in [0.3, 0.4) is 0 Å². The zero-order chi connectivity index (χ0) is 35.0. The first-order valence-electron chi connectivity index (χ1n) is 18.8. The van der Waals surface area contributed by atoms with Gasteiger partial charge in [-0.1, -0.05) is 6.58 Å². The van der Waals surface area contributed by atoms with Gasteiger partial charge in [0.25, 0.3) is 0 Å². The molecule has 3 aliphatic carbocycles.